The summed E-state index contributed by atoms with van der Waals surface area (Å²) < 4.78 is 47.3. The molecule has 4 heterocycles. The molecule has 2 aliphatic heterocycles. The summed E-state index contributed by atoms with van der Waals surface area (Å²) in [5, 5.41) is 4.52. The van der Waals surface area contributed by atoms with Crippen molar-refractivity contribution in [1.29, 1.82) is 0 Å². The van der Waals surface area contributed by atoms with Crippen LogP contribution in [0.4, 0.5) is 18.3 Å². The number of anilines is 1. The number of carbonyl (C=O) groups is 1. The van der Waals surface area contributed by atoms with Crippen molar-refractivity contribution in [2.75, 3.05) is 42.8 Å². The largest absolute Gasteiger partial charge is 0.451 e. The molecule has 1 atom stereocenters. The summed E-state index contributed by atoms with van der Waals surface area (Å²) >= 11 is 0.897. The van der Waals surface area contributed by atoms with E-state index >= 15 is 0 Å². The number of hydrogen-bond donors (Lipinski definition) is 1. The van der Waals surface area contributed by atoms with Gasteiger partial charge < -0.3 is 20.0 Å². The van der Waals surface area contributed by atoms with Gasteiger partial charge in [-0.15, -0.1) is 0 Å². The van der Waals surface area contributed by atoms with E-state index in [1.807, 2.05) is 30.3 Å². The molecule has 2 aliphatic rings. The molecule has 0 spiro atoms. The van der Waals surface area contributed by atoms with E-state index in [0.717, 1.165) is 23.3 Å². The minimum absolute atomic E-state index is 0.0998. The normalized spacial score (nSPS) is 18.9. The number of hydrogen-bond acceptors (Lipinski definition) is 8. The van der Waals surface area contributed by atoms with Crippen LogP contribution in [0.2, 0.25) is 0 Å². The van der Waals surface area contributed by atoms with Crippen molar-refractivity contribution in [3.63, 3.8) is 0 Å². The highest BCUT2D eigenvalue weighted by Crippen LogP contribution is 2.34. The Morgan fingerprint density at radius 3 is 2.60 bits per heavy atom. The van der Waals surface area contributed by atoms with E-state index in [1.54, 1.807) is 4.90 Å². The third-order valence-corrected chi connectivity index (χ3v) is 7.02. The molecule has 13 heteroatoms. The minimum Gasteiger partial charge on any atom is -0.378 e. The number of nitrogens with zero attached hydrogens (tertiary/aromatic N) is 5. The van der Waals surface area contributed by atoms with Gasteiger partial charge in [-0.05, 0) is 18.4 Å². The molecule has 35 heavy (non-hydrogen) atoms. The average Bonchev–Trinajstić information content (AvgIpc) is 3.50. The van der Waals surface area contributed by atoms with Crippen molar-refractivity contribution in [3.05, 3.63) is 52.1 Å². The predicted molar refractivity (Wildman–Crippen MR) is 124 cm³/mol. The highest BCUT2D eigenvalue weighted by atomic mass is 32.1. The van der Waals surface area contributed by atoms with Crippen LogP contribution in [-0.2, 0) is 22.3 Å². The van der Waals surface area contributed by atoms with E-state index in [0.29, 0.717) is 29.3 Å². The number of morpholine rings is 1. The van der Waals surface area contributed by atoms with E-state index in [1.165, 1.54) is 5.01 Å². The summed E-state index contributed by atoms with van der Waals surface area (Å²) in [5.41, 5.74) is -0.0613. The van der Waals surface area contributed by atoms with Crippen molar-refractivity contribution in [2.24, 2.45) is 0 Å². The molecular formula is C22H23F3N6O3S. The Kier molecular flexibility index (Phi) is 6.36. The zero-order valence-electron chi connectivity index (χ0n) is 18.6. The molecule has 1 aromatic carbocycles. The van der Waals surface area contributed by atoms with Gasteiger partial charge in [0.25, 0.3) is 5.56 Å². The molecule has 1 amide bonds. The number of aromatic nitrogens is 3. The zero-order chi connectivity index (χ0) is 24.6. The lowest BCUT2D eigenvalue weighted by molar-refractivity contribution is -0.148. The highest BCUT2D eigenvalue weighted by Gasteiger charge is 2.40. The van der Waals surface area contributed by atoms with Crippen LogP contribution in [-0.4, -0.2) is 59.4 Å². The number of rotatable bonds is 5. The molecule has 5 rings (SSSR count). The number of benzene rings is 1. The van der Waals surface area contributed by atoms with Gasteiger partial charge in [-0.25, -0.2) is 9.97 Å². The van der Waals surface area contributed by atoms with E-state index < -0.39 is 23.6 Å². The molecule has 186 valence electrons. The third kappa shape index (κ3) is 4.69. The van der Waals surface area contributed by atoms with Gasteiger partial charge in [0, 0.05) is 13.1 Å². The quantitative estimate of drug-likeness (QED) is 0.565. The lowest BCUT2D eigenvalue weighted by Gasteiger charge is -2.31. The van der Waals surface area contributed by atoms with Crippen LogP contribution in [0.5, 0.6) is 0 Å². The maximum atomic E-state index is 13.9. The molecule has 1 unspecified atom stereocenters. The number of amides is 1. The van der Waals surface area contributed by atoms with Gasteiger partial charge in [0.15, 0.2) is 15.5 Å². The second-order valence-corrected chi connectivity index (χ2v) is 9.28. The van der Waals surface area contributed by atoms with Crippen LogP contribution >= 0.6 is 11.3 Å². The third-order valence-electron chi connectivity index (χ3n) is 6.04. The molecule has 0 aliphatic carbocycles. The molecule has 0 bridgehead atoms. The number of ether oxygens (including phenoxy) is 1. The maximum absolute atomic E-state index is 13.9. The minimum atomic E-state index is -4.83. The molecule has 3 aromatic rings. The summed E-state index contributed by atoms with van der Waals surface area (Å²) in [6.07, 6.45) is -3.53. The fraction of sp³-hybridized carbons (Fsp3) is 0.455. The molecular weight excluding hydrogens is 485 g/mol. The zero-order valence-corrected chi connectivity index (χ0v) is 19.4. The first kappa shape index (κ1) is 23.5. The number of thiazole rings is 1. The van der Waals surface area contributed by atoms with Gasteiger partial charge in [-0.3, -0.25) is 9.59 Å². The molecule has 2 aromatic heterocycles. The summed E-state index contributed by atoms with van der Waals surface area (Å²) in [5.74, 6) is -1.48. The van der Waals surface area contributed by atoms with Crippen LogP contribution in [0.3, 0.4) is 0 Å². The first-order valence-corrected chi connectivity index (χ1v) is 12.1. The molecule has 0 saturated carbocycles. The average molecular weight is 509 g/mol. The summed E-state index contributed by atoms with van der Waals surface area (Å²) in [6.45, 7) is 1.54. The van der Waals surface area contributed by atoms with Crippen LogP contribution in [0.1, 0.15) is 24.2 Å². The lowest BCUT2D eigenvalue weighted by Crippen LogP contribution is -2.51. The summed E-state index contributed by atoms with van der Waals surface area (Å²) in [7, 11) is 0. The van der Waals surface area contributed by atoms with E-state index in [9.17, 15) is 22.8 Å². The smallest absolute Gasteiger partial charge is 0.378 e. The Balaban J connectivity index is 1.46. The fourth-order valence-corrected chi connectivity index (χ4v) is 5.36. The molecule has 2 saturated heterocycles. The van der Waals surface area contributed by atoms with Gasteiger partial charge in [-0.2, -0.15) is 17.8 Å². The predicted octanol–water partition coefficient (Wildman–Crippen LogP) is 2.13. The monoisotopic (exact) mass is 508 g/mol. The van der Waals surface area contributed by atoms with Crippen LogP contribution < -0.4 is 20.8 Å². The van der Waals surface area contributed by atoms with E-state index in [4.69, 9.17) is 4.74 Å². The second kappa shape index (κ2) is 9.46. The Bertz CT molecular complexity index is 1270. The lowest BCUT2D eigenvalue weighted by atomic mass is 10.2. The van der Waals surface area contributed by atoms with E-state index in [-0.39, 0.29) is 42.6 Å². The van der Waals surface area contributed by atoms with Crippen molar-refractivity contribution in [2.45, 2.75) is 31.6 Å². The van der Waals surface area contributed by atoms with Crippen molar-refractivity contribution >= 4 is 32.7 Å². The van der Waals surface area contributed by atoms with Crippen LogP contribution in [0.25, 0.3) is 10.3 Å². The second-order valence-electron chi connectivity index (χ2n) is 8.32. The molecule has 0 radical (unpaired) electrons. The Hall–Kier alpha value is -3.19. The Morgan fingerprint density at radius 2 is 1.89 bits per heavy atom. The number of halogens is 3. The van der Waals surface area contributed by atoms with E-state index in [2.05, 4.69) is 15.3 Å². The Morgan fingerprint density at radius 1 is 1.14 bits per heavy atom. The maximum Gasteiger partial charge on any atom is 0.451 e. The van der Waals surface area contributed by atoms with Gasteiger partial charge >= 0.3 is 6.18 Å². The van der Waals surface area contributed by atoms with Crippen LogP contribution in [0.15, 0.2) is 35.1 Å². The summed E-state index contributed by atoms with van der Waals surface area (Å²) in [6, 6.07) is 8.95. The topological polar surface area (TPSA) is 92.6 Å². The van der Waals surface area contributed by atoms with Gasteiger partial charge in [-0.1, -0.05) is 41.7 Å². The van der Waals surface area contributed by atoms with Crippen molar-refractivity contribution in [1.82, 2.24) is 20.0 Å². The summed E-state index contributed by atoms with van der Waals surface area (Å²) in [4.78, 5) is 35.9. The number of alkyl halides is 3. The Labute approximate surface area is 202 Å². The molecule has 9 nitrogen and oxygen atoms in total. The number of nitrogens with one attached hydrogen (secondary N) is 1. The van der Waals surface area contributed by atoms with Gasteiger partial charge in [0.1, 0.15) is 6.04 Å². The van der Waals surface area contributed by atoms with Crippen molar-refractivity contribution in [3.8, 4) is 0 Å². The first-order valence-electron chi connectivity index (χ1n) is 11.2. The highest BCUT2D eigenvalue weighted by molar-refractivity contribution is 7.21. The number of fused-ring (bicyclic) bond motifs is 1. The molecule has 1 N–H and O–H groups in total. The number of carbonyl (C=O) groups excluding carboxylic acids is 1. The van der Waals surface area contributed by atoms with Gasteiger partial charge in [0.2, 0.25) is 11.7 Å². The van der Waals surface area contributed by atoms with Gasteiger partial charge in [0.05, 0.1) is 26.3 Å². The fourth-order valence-electron chi connectivity index (χ4n) is 4.35. The van der Waals surface area contributed by atoms with Crippen LogP contribution in [0, 0.1) is 0 Å². The standard InChI is InChI=1S/C22H23F3N6O3S/c23-22(24,25)20-28-18-16(19(33)31(20)29-9-11-34-12-10-29)27-21(35-18)30-8-4-7-15(30)17(32)26-13-14-5-2-1-3-6-14/h1-3,5-6,15H,4,7-13H2,(H,26,32). The van der Waals surface area contributed by atoms with Crippen molar-refractivity contribution < 1.29 is 22.7 Å². The SMILES string of the molecule is O=C(NCc1ccccc1)C1CCCN1c1nc2c(=O)n(N3CCOCC3)c(C(F)(F)F)nc2s1. The first-order chi connectivity index (χ1) is 16.8. The molecule has 2 fully saturated rings.